The highest BCUT2D eigenvalue weighted by Crippen LogP contribution is 2.47. The van der Waals surface area contributed by atoms with E-state index in [4.69, 9.17) is 10.5 Å². The van der Waals surface area contributed by atoms with Gasteiger partial charge in [0.25, 0.3) is 0 Å². The number of hydrogen-bond acceptors (Lipinski definition) is 9. The fraction of sp³-hybridized carbons (Fsp3) is 0.350. The SMILES string of the molecule is Nc1nc(N2CCC3(CC2)OCCc2sc(-c4cnccn4)cc23)c2cn[nH]c2n1. The molecule has 0 aliphatic carbocycles. The van der Waals surface area contributed by atoms with E-state index < -0.39 is 0 Å². The number of nitrogens with one attached hydrogen (secondary N) is 1. The van der Waals surface area contributed by atoms with Crippen LogP contribution in [-0.4, -0.2) is 49.8 Å². The number of nitrogens with two attached hydrogens (primary N) is 1. The summed E-state index contributed by atoms with van der Waals surface area (Å²) in [6.07, 6.45) is 9.75. The van der Waals surface area contributed by atoms with Crippen molar-refractivity contribution >= 4 is 34.1 Å². The third-order valence-electron chi connectivity index (χ3n) is 6.00. The van der Waals surface area contributed by atoms with Crippen LogP contribution in [0.3, 0.4) is 0 Å². The van der Waals surface area contributed by atoms with Crippen molar-refractivity contribution in [1.29, 1.82) is 0 Å². The molecule has 4 aromatic heterocycles. The Morgan fingerprint density at radius 3 is 2.90 bits per heavy atom. The van der Waals surface area contributed by atoms with Gasteiger partial charge in [0.15, 0.2) is 5.65 Å². The van der Waals surface area contributed by atoms with Gasteiger partial charge in [0.2, 0.25) is 5.95 Å². The Hall–Kier alpha value is -3.11. The number of hydrogen-bond donors (Lipinski definition) is 2. The second kappa shape index (κ2) is 6.71. The van der Waals surface area contributed by atoms with Gasteiger partial charge in [-0.2, -0.15) is 15.1 Å². The quantitative estimate of drug-likeness (QED) is 0.508. The van der Waals surface area contributed by atoms with Crippen LogP contribution in [0.5, 0.6) is 0 Å². The molecule has 0 radical (unpaired) electrons. The summed E-state index contributed by atoms with van der Waals surface area (Å²) in [4.78, 5) is 22.2. The van der Waals surface area contributed by atoms with Crippen molar-refractivity contribution in [3.05, 3.63) is 41.3 Å². The van der Waals surface area contributed by atoms with E-state index in [1.165, 1.54) is 10.4 Å². The summed E-state index contributed by atoms with van der Waals surface area (Å²) in [6.45, 7) is 2.40. The summed E-state index contributed by atoms with van der Waals surface area (Å²) in [6, 6.07) is 2.26. The maximum Gasteiger partial charge on any atom is 0.224 e. The van der Waals surface area contributed by atoms with Gasteiger partial charge in [-0.05, 0) is 24.5 Å². The Balaban J connectivity index is 1.31. The van der Waals surface area contributed by atoms with Crippen LogP contribution in [0.25, 0.3) is 21.6 Å². The standard InChI is InChI=1S/C20H20N8OS/c21-19-25-17-12(10-24-27-17)18(26-19)28-6-2-20(3-7-28)13-9-16(14-11-22-4-5-23-14)30-15(13)1-8-29-20/h4-5,9-11H,1-3,6-8H2,(H3,21,24,25,26,27). The summed E-state index contributed by atoms with van der Waals surface area (Å²) >= 11 is 1.81. The molecule has 6 heterocycles. The zero-order valence-electron chi connectivity index (χ0n) is 16.2. The van der Waals surface area contributed by atoms with Crippen molar-refractivity contribution in [3.63, 3.8) is 0 Å². The molecule has 9 nitrogen and oxygen atoms in total. The molecule has 2 aliphatic rings. The Kier molecular flexibility index (Phi) is 3.96. The molecule has 0 atom stereocenters. The number of aromatic amines is 1. The third kappa shape index (κ3) is 2.75. The number of H-pyrrole nitrogens is 1. The predicted octanol–water partition coefficient (Wildman–Crippen LogP) is 2.52. The topological polar surface area (TPSA) is 119 Å². The number of nitrogen functional groups attached to an aromatic ring is 1. The number of anilines is 2. The molecule has 30 heavy (non-hydrogen) atoms. The van der Waals surface area contributed by atoms with Gasteiger partial charge in [-0.1, -0.05) is 0 Å². The van der Waals surface area contributed by atoms with Gasteiger partial charge in [0.1, 0.15) is 5.82 Å². The second-order valence-corrected chi connectivity index (χ2v) is 8.79. The summed E-state index contributed by atoms with van der Waals surface area (Å²) in [5.74, 6) is 1.09. The average Bonchev–Trinajstić information content (AvgIpc) is 3.42. The van der Waals surface area contributed by atoms with Gasteiger partial charge in [0, 0.05) is 36.8 Å². The van der Waals surface area contributed by atoms with E-state index in [0.717, 1.165) is 60.7 Å². The minimum Gasteiger partial charge on any atom is -0.370 e. The highest BCUT2D eigenvalue weighted by Gasteiger charge is 2.42. The van der Waals surface area contributed by atoms with Gasteiger partial charge in [-0.3, -0.25) is 15.1 Å². The second-order valence-electron chi connectivity index (χ2n) is 7.66. The molecule has 10 heteroatoms. The van der Waals surface area contributed by atoms with Crippen LogP contribution >= 0.6 is 11.3 Å². The molecule has 1 saturated heterocycles. The van der Waals surface area contributed by atoms with Crippen LogP contribution in [0.15, 0.2) is 30.9 Å². The van der Waals surface area contributed by atoms with E-state index in [0.29, 0.717) is 5.65 Å². The number of fused-ring (bicyclic) bond motifs is 3. The summed E-state index contributed by atoms with van der Waals surface area (Å²) in [7, 11) is 0. The van der Waals surface area contributed by atoms with E-state index in [1.807, 2.05) is 17.5 Å². The maximum absolute atomic E-state index is 6.43. The van der Waals surface area contributed by atoms with Crippen molar-refractivity contribution in [3.8, 4) is 10.6 Å². The number of nitrogens with zero attached hydrogens (tertiary/aromatic N) is 6. The lowest BCUT2D eigenvalue weighted by Gasteiger charge is -2.44. The first kappa shape index (κ1) is 17.7. The zero-order valence-corrected chi connectivity index (χ0v) is 17.0. The molecule has 3 N–H and O–H groups in total. The number of aromatic nitrogens is 6. The van der Waals surface area contributed by atoms with Gasteiger partial charge >= 0.3 is 0 Å². The Morgan fingerprint density at radius 2 is 2.07 bits per heavy atom. The first-order chi connectivity index (χ1) is 14.7. The molecule has 4 aromatic rings. The Morgan fingerprint density at radius 1 is 1.17 bits per heavy atom. The number of ether oxygens (including phenoxy) is 1. The number of thiophene rings is 1. The molecule has 0 amide bonds. The highest BCUT2D eigenvalue weighted by molar-refractivity contribution is 7.15. The van der Waals surface area contributed by atoms with Crippen LogP contribution < -0.4 is 10.6 Å². The monoisotopic (exact) mass is 420 g/mol. The molecule has 0 unspecified atom stereocenters. The van der Waals surface area contributed by atoms with E-state index in [-0.39, 0.29) is 11.5 Å². The van der Waals surface area contributed by atoms with Crippen LogP contribution in [0.2, 0.25) is 0 Å². The van der Waals surface area contributed by atoms with E-state index >= 15 is 0 Å². The fourth-order valence-electron chi connectivity index (χ4n) is 4.54. The summed E-state index contributed by atoms with van der Waals surface area (Å²) in [5, 5.41) is 7.88. The largest absolute Gasteiger partial charge is 0.370 e. The van der Waals surface area contributed by atoms with Crippen LogP contribution in [-0.2, 0) is 16.8 Å². The molecule has 0 bridgehead atoms. The lowest BCUT2D eigenvalue weighted by atomic mass is 9.82. The van der Waals surface area contributed by atoms with Gasteiger partial charge in [0.05, 0.1) is 40.6 Å². The van der Waals surface area contributed by atoms with Gasteiger partial charge < -0.3 is 15.4 Å². The van der Waals surface area contributed by atoms with Gasteiger partial charge in [-0.15, -0.1) is 11.3 Å². The molecule has 1 fully saturated rings. The number of rotatable bonds is 2. The van der Waals surface area contributed by atoms with Crippen molar-refractivity contribution in [2.75, 3.05) is 30.3 Å². The van der Waals surface area contributed by atoms with E-state index in [1.54, 1.807) is 18.6 Å². The predicted molar refractivity (Wildman–Crippen MR) is 114 cm³/mol. The van der Waals surface area contributed by atoms with E-state index in [2.05, 4.69) is 41.1 Å². The minimum atomic E-state index is -0.255. The molecular formula is C20H20N8OS. The van der Waals surface area contributed by atoms with Crippen molar-refractivity contribution in [2.24, 2.45) is 0 Å². The molecule has 1 spiro atoms. The lowest BCUT2D eigenvalue weighted by molar-refractivity contribution is -0.0756. The Labute approximate surface area is 176 Å². The first-order valence-corrected chi connectivity index (χ1v) is 10.8. The van der Waals surface area contributed by atoms with Gasteiger partial charge in [-0.25, -0.2) is 0 Å². The van der Waals surface area contributed by atoms with Crippen molar-refractivity contribution in [2.45, 2.75) is 24.9 Å². The van der Waals surface area contributed by atoms with Crippen molar-refractivity contribution < 1.29 is 4.74 Å². The number of piperidine rings is 1. The fourth-order valence-corrected chi connectivity index (χ4v) is 5.73. The molecule has 0 saturated carbocycles. The molecular weight excluding hydrogens is 400 g/mol. The Bertz CT molecular complexity index is 1210. The normalized spacial score (nSPS) is 18.1. The van der Waals surface area contributed by atoms with E-state index in [9.17, 15) is 0 Å². The zero-order chi connectivity index (χ0) is 20.1. The smallest absolute Gasteiger partial charge is 0.224 e. The third-order valence-corrected chi connectivity index (χ3v) is 7.22. The molecule has 152 valence electrons. The van der Waals surface area contributed by atoms with Crippen LogP contribution in [0.1, 0.15) is 23.3 Å². The van der Waals surface area contributed by atoms with Crippen LogP contribution in [0.4, 0.5) is 11.8 Å². The summed E-state index contributed by atoms with van der Waals surface area (Å²) in [5.41, 5.74) is 8.56. The lowest BCUT2D eigenvalue weighted by Crippen LogP contribution is -2.46. The first-order valence-electron chi connectivity index (χ1n) is 9.97. The van der Waals surface area contributed by atoms with Crippen molar-refractivity contribution in [1.82, 2.24) is 30.1 Å². The molecule has 0 aromatic carbocycles. The minimum absolute atomic E-state index is 0.254. The maximum atomic E-state index is 6.43. The highest BCUT2D eigenvalue weighted by atomic mass is 32.1. The molecule has 6 rings (SSSR count). The summed E-state index contributed by atoms with van der Waals surface area (Å²) < 4.78 is 6.43. The van der Waals surface area contributed by atoms with Crippen LogP contribution in [0, 0.1) is 0 Å². The molecule has 2 aliphatic heterocycles. The average molecular weight is 421 g/mol.